The molecule has 2 aromatic rings. The van der Waals surface area contributed by atoms with E-state index in [9.17, 15) is 0 Å². The molecule has 0 saturated heterocycles. The van der Waals surface area contributed by atoms with Crippen LogP contribution < -0.4 is 5.73 Å². The van der Waals surface area contributed by atoms with E-state index in [1.165, 1.54) is 43.4 Å². The molecular formula is C13H15Cl2N3S. The lowest BCUT2D eigenvalue weighted by Gasteiger charge is -2.21. The fourth-order valence-electron chi connectivity index (χ4n) is 2.65. The number of hydrogen-bond acceptors (Lipinski definition) is 3. The maximum absolute atomic E-state index is 6.18. The van der Waals surface area contributed by atoms with Gasteiger partial charge in [0.2, 0.25) is 0 Å². The van der Waals surface area contributed by atoms with Crippen LogP contribution in [0.5, 0.6) is 0 Å². The summed E-state index contributed by atoms with van der Waals surface area (Å²) >= 11 is 13.5. The lowest BCUT2D eigenvalue weighted by atomic mass is 9.96. The first-order valence-corrected chi connectivity index (χ1v) is 8.02. The Balaban J connectivity index is 1.95. The minimum absolute atomic E-state index is 0.470. The van der Waals surface area contributed by atoms with E-state index >= 15 is 0 Å². The van der Waals surface area contributed by atoms with Gasteiger partial charge in [0.05, 0.1) is 16.1 Å². The van der Waals surface area contributed by atoms with Gasteiger partial charge in [0.1, 0.15) is 10.0 Å². The average Bonchev–Trinajstić information content (AvgIpc) is 2.93. The molecule has 0 bridgehead atoms. The van der Waals surface area contributed by atoms with Crippen LogP contribution in [0.1, 0.15) is 38.1 Å². The van der Waals surface area contributed by atoms with E-state index in [1.54, 1.807) is 0 Å². The molecule has 2 N–H and O–H groups in total. The van der Waals surface area contributed by atoms with Crippen molar-refractivity contribution >= 4 is 40.2 Å². The molecule has 102 valence electrons. The topological polar surface area (TPSA) is 43.8 Å². The van der Waals surface area contributed by atoms with E-state index in [1.807, 2.05) is 16.9 Å². The van der Waals surface area contributed by atoms with Crippen molar-refractivity contribution in [3.05, 3.63) is 20.9 Å². The number of nitrogens with two attached hydrogens (primary N) is 1. The van der Waals surface area contributed by atoms with E-state index in [0.717, 1.165) is 11.3 Å². The van der Waals surface area contributed by atoms with Crippen LogP contribution in [0.15, 0.2) is 12.3 Å². The minimum atomic E-state index is 0.470. The summed E-state index contributed by atoms with van der Waals surface area (Å²) in [7, 11) is 0. The zero-order chi connectivity index (χ0) is 13.4. The average molecular weight is 316 g/mol. The fraction of sp³-hybridized carbons (Fsp3) is 0.462. The fourth-order valence-corrected chi connectivity index (χ4v) is 4.12. The van der Waals surface area contributed by atoms with E-state index in [-0.39, 0.29) is 0 Å². The lowest BCUT2D eigenvalue weighted by Crippen LogP contribution is -2.13. The summed E-state index contributed by atoms with van der Waals surface area (Å²) in [6, 6.07) is 2.30. The molecule has 1 saturated carbocycles. The molecule has 0 atom stereocenters. The highest BCUT2D eigenvalue weighted by atomic mass is 35.5. The highest BCUT2D eigenvalue weighted by molar-refractivity contribution is 7.20. The predicted octanol–water partition coefficient (Wildman–Crippen LogP) is 5.01. The number of aromatic nitrogens is 2. The minimum Gasteiger partial charge on any atom is -0.396 e. The van der Waals surface area contributed by atoms with Gasteiger partial charge in [0.15, 0.2) is 0 Å². The van der Waals surface area contributed by atoms with Gasteiger partial charge in [-0.05, 0) is 18.9 Å². The van der Waals surface area contributed by atoms with Crippen molar-refractivity contribution in [1.29, 1.82) is 0 Å². The zero-order valence-corrected chi connectivity index (χ0v) is 12.7. The van der Waals surface area contributed by atoms with Gasteiger partial charge < -0.3 is 5.73 Å². The predicted molar refractivity (Wildman–Crippen MR) is 82.1 cm³/mol. The molecular weight excluding hydrogens is 301 g/mol. The van der Waals surface area contributed by atoms with Crippen LogP contribution in [0, 0.1) is 0 Å². The third kappa shape index (κ3) is 2.62. The first kappa shape index (κ1) is 13.3. The second-order valence-electron chi connectivity index (χ2n) is 4.94. The standard InChI is InChI=1S/C13H15Cl2N3S/c14-11-6-9(13(15)19-11)12-10(16)7-18(17-12)8-4-2-1-3-5-8/h6-8H,1-5,16H2. The van der Waals surface area contributed by atoms with Crippen molar-refractivity contribution in [2.75, 3.05) is 5.73 Å². The highest BCUT2D eigenvalue weighted by Crippen LogP contribution is 2.40. The van der Waals surface area contributed by atoms with Crippen molar-refractivity contribution in [3.63, 3.8) is 0 Å². The van der Waals surface area contributed by atoms with E-state index in [2.05, 4.69) is 5.10 Å². The second kappa shape index (κ2) is 5.35. The first-order valence-electron chi connectivity index (χ1n) is 6.45. The summed E-state index contributed by atoms with van der Waals surface area (Å²) in [6.45, 7) is 0. The number of anilines is 1. The molecule has 1 aliphatic carbocycles. The molecule has 0 aliphatic heterocycles. The van der Waals surface area contributed by atoms with Gasteiger partial charge in [-0.3, -0.25) is 4.68 Å². The van der Waals surface area contributed by atoms with Crippen molar-refractivity contribution in [2.24, 2.45) is 0 Å². The zero-order valence-electron chi connectivity index (χ0n) is 10.4. The smallest absolute Gasteiger partial charge is 0.118 e. The molecule has 6 heteroatoms. The van der Waals surface area contributed by atoms with Crippen LogP contribution in [-0.4, -0.2) is 9.78 Å². The third-order valence-electron chi connectivity index (χ3n) is 3.62. The van der Waals surface area contributed by atoms with Gasteiger partial charge in [-0.25, -0.2) is 0 Å². The summed E-state index contributed by atoms with van der Waals surface area (Å²) in [5, 5.41) is 4.63. The van der Waals surface area contributed by atoms with Gasteiger partial charge in [0, 0.05) is 11.8 Å². The third-order valence-corrected chi connectivity index (χ3v) is 5.11. The summed E-state index contributed by atoms with van der Waals surface area (Å²) in [6.07, 6.45) is 8.15. The van der Waals surface area contributed by atoms with Crippen LogP contribution in [0.4, 0.5) is 5.69 Å². The first-order chi connectivity index (χ1) is 9.15. The highest BCUT2D eigenvalue weighted by Gasteiger charge is 2.20. The number of halogens is 2. The number of rotatable bonds is 2. The number of nitrogens with zero attached hydrogens (tertiary/aromatic N) is 2. The molecule has 3 rings (SSSR count). The Morgan fingerprint density at radius 3 is 2.63 bits per heavy atom. The van der Waals surface area contributed by atoms with Crippen molar-refractivity contribution < 1.29 is 0 Å². The molecule has 0 unspecified atom stereocenters. The summed E-state index contributed by atoms with van der Waals surface area (Å²) in [5.74, 6) is 0. The maximum atomic E-state index is 6.18. The van der Waals surface area contributed by atoms with E-state index < -0.39 is 0 Å². The van der Waals surface area contributed by atoms with Gasteiger partial charge in [-0.2, -0.15) is 5.10 Å². The van der Waals surface area contributed by atoms with Crippen LogP contribution >= 0.6 is 34.5 Å². The van der Waals surface area contributed by atoms with Gasteiger partial charge in [-0.1, -0.05) is 42.5 Å². The Hall–Kier alpha value is -0.710. The molecule has 0 aromatic carbocycles. The summed E-state index contributed by atoms with van der Waals surface area (Å²) in [4.78, 5) is 0. The molecule has 0 radical (unpaired) electrons. The summed E-state index contributed by atoms with van der Waals surface area (Å²) < 4.78 is 3.31. The van der Waals surface area contributed by atoms with E-state index in [4.69, 9.17) is 28.9 Å². The van der Waals surface area contributed by atoms with Crippen LogP contribution in [-0.2, 0) is 0 Å². The largest absolute Gasteiger partial charge is 0.396 e. The Kier molecular flexibility index (Phi) is 3.74. The quantitative estimate of drug-likeness (QED) is 0.846. The molecule has 3 nitrogen and oxygen atoms in total. The van der Waals surface area contributed by atoms with Crippen molar-refractivity contribution in [2.45, 2.75) is 38.1 Å². The number of nitrogen functional groups attached to an aromatic ring is 1. The van der Waals surface area contributed by atoms with E-state index in [0.29, 0.717) is 20.4 Å². The number of hydrogen-bond donors (Lipinski definition) is 1. The van der Waals surface area contributed by atoms with Gasteiger partial charge >= 0.3 is 0 Å². The SMILES string of the molecule is Nc1cn(C2CCCCC2)nc1-c1cc(Cl)sc1Cl. The Morgan fingerprint density at radius 1 is 1.26 bits per heavy atom. The van der Waals surface area contributed by atoms with Gasteiger partial charge in [0.25, 0.3) is 0 Å². The molecule has 2 aromatic heterocycles. The molecule has 1 aliphatic rings. The van der Waals surface area contributed by atoms with Crippen molar-refractivity contribution in [3.8, 4) is 11.3 Å². The normalized spacial score (nSPS) is 16.9. The molecule has 0 spiro atoms. The molecule has 19 heavy (non-hydrogen) atoms. The van der Waals surface area contributed by atoms with Crippen LogP contribution in [0.25, 0.3) is 11.3 Å². The molecule has 0 amide bonds. The Labute approximate surface area is 126 Å². The second-order valence-corrected chi connectivity index (χ2v) is 7.23. The lowest BCUT2D eigenvalue weighted by molar-refractivity contribution is 0.330. The molecule has 2 heterocycles. The van der Waals surface area contributed by atoms with Crippen LogP contribution in [0.3, 0.4) is 0 Å². The Bertz CT molecular complexity index is 585. The Morgan fingerprint density at radius 2 is 2.00 bits per heavy atom. The monoisotopic (exact) mass is 315 g/mol. The van der Waals surface area contributed by atoms with Gasteiger partial charge in [-0.15, -0.1) is 11.3 Å². The van der Waals surface area contributed by atoms with Crippen molar-refractivity contribution in [1.82, 2.24) is 9.78 Å². The maximum Gasteiger partial charge on any atom is 0.118 e. The van der Waals surface area contributed by atoms with Crippen LogP contribution in [0.2, 0.25) is 8.67 Å². The molecule has 1 fully saturated rings. The summed E-state index contributed by atoms with van der Waals surface area (Å²) in [5.41, 5.74) is 8.33. The number of thiophene rings is 1.